The molecule has 5 rings (SSSR count). The van der Waals surface area contributed by atoms with Crippen LogP contribution in [0.15, 0.2) is 6.20 Å². The molecule has 4 aliphatic carbocycles. The van der Waals surface area contributed by atoms with Crippen molar-refractivity contribution in [1.82, 2.24) is 9.55 Å². The van der Waals surface area contributed by atoms with E-state index in [1.54, 1.807) is 6.92 Å². The number of hydrogen-bond acceptors (Lipinski definition) is 5. The molecule has 0 N–H and O–H groups in total. The predicted octanol–water partition coefficient (Wildman–Crippen LogP) is 3.77. The third-order valence-electron chi connectivity index (χ3n) is 5.58. The topological polar surface area (TPSA) is 78.0 Å². The average molecular weight is 321 g/mol. The normalized spacial score (nSPS) is 35.8. The Hall–Kier alpha value is -1.37. The van der Waals surface area contributed by atoms with Crippen molar-refractivity contribution >= 4 is 22.8 Å². The molecule has 0 amide bonds. The van der Waals surface area contributed by atoms with E-state index < -0.39 is 4.92 Å². The summed E-state index contributed by atoms with van der Waals surface area (Å²) < 4.78 is 1.18. The molecule has 118 valence electrons. The van der Waals surface area contributed by atoms with Crippen LogP contribution in [-0.2, 0) is 0 Å². The van der Waals surface area contributed by atoms with Crippen LogP contribution in [0.3, 0.4) is 0 Å². The first-order chi connectivity index (χ1) is 10.5. The number of hydrogen-bond donors (Lipinski definition) is 0. The van der Waals surface area contributed by atoms with Gasteiger partial charge in [0.1, 0.15) is 6.20 Å². The van der Waals surface area contributed by atoms with E-state index in [4.69, 9.17) is 0 Å². The average Bonchev–Trinajstić information content (AvgIpc) is 2.78. The lowest BCUT2D eigenvalue weighted by Crippen LogP contribution is -2.49. The third-order valence-corrected chi connectivity index (χ3v) is 6.87. The summed E-state index contributed by atoms with van der Waals surface area (Å²) in [5, 5.41) is 10.9. The quantitative estimate of drug-likeness (QED) is 0.612. The van der Waals surface area contributed by atoms with E-state index in [2.05, 4.69) is 4.98 Å². The first-order valence-electron chi connectivity index (χ1n) is 7.88. The Morgan fingerprint density at radius 1 is 1.32 bits per heavy atom. The summed E-state index contributed by atoms with van der Waals surface area (Å²) >= 11 is 1.34. The maximum atomic E-state index is 12.7. The Kier molecular flexibility index (Phi) is 3.11. The molecule has 22 heavy (non-hydrogen) atoms. The summed E-state index contributed by atoms with van der Waals surface area (Å²) in [6, 6.07) is 0. The molecule has 0 saturated heterocycles. The zero-order valence-corrected chi connectivity index (χ0v) is 13.3. The molecule has 1 heterocycles. The van der Waals surface area contributed by atoms with Gasteiger partial charge in [0.25, 0.3) is 0 Å². The Labute approximate surface area is 132 Å². The van der Waals surface area contributed by atoms with Gasteiger partial charge in [0, 0.05) is 11.7 Å². The number of carbonyl (C=O) groups excluding carboxylic acids is 1. The Morgan fingerprint density at radius 2 is 1.86 bits per heavy atom. The number of imidazole rings is 1. The van der Waals surface area contributed by atoms with Gasteiger partial charge in [0.05, 0.1) is 0 Å². The van der Waals surface area contributed by atoms with Crippen molar-refractivity contribution in [3.63, 3.8) is 0 Å². The summed E-state index contributed by atoms with van der Waals surface area (Å²) in [6.45, 7) is 1.64. The minimum absolute atomic E-state index is 0.0103. The third kappa shape index (κ3) is 2.17. The summed E-state index contributed by atoms with van der Waals surface area (Å²) in [7, 11) is 0. The Morgan fingerprint density at radius 3 is 2.36 bits per heavy atom. The first kappa shape index (κ1) is 14.2. The lowest BCUT2D eigenvalue weighted by molar-refractivity contribution is -0.390. The first-order valence-corrected chi connectivity index (χ1v) is 8.69. The van der Waals surface area contributed by atoms with Crippen LogP contribution in [0, 0.1) is 34.8 Å². The molecule has 0 aromatic carbocycles. The molecule has 7 heteroatoms. The van der Waals surface area contributed by atoms with Crippen LogP contribution in [0.5, 0.6) is 0 Å². The van der Waals surface area contributed by atoms with Crippen LogP contribution in [0.25, 0.3) is 0 Å². The number of carbonyl (C=O) groups is 1. The van der Waals surface area contributed by atoms with Crippen LogP contribution in [-0.4, -0.2) is 24.5 Å². The van der Waals surface area contributed by atoms with Crippen molar-refractivity contribution in [2.24, 2.45) is 17.8 Å². The highest BCUT2D eigenvalue weighted by Crippen LogP contribution is 2.60. The van der Waals surface area contributed by atoms with Crippen LogP contribution in [0.1, 0.15) is 44.3 Å². The Balaban J connectivity index is 1.60. The number of aryl methyl sites for hydroxylation is 1. The Bertz CT molecular complexity index is 619. The predicted molar refractivity (Wildman–Crippen MR) is 82.9 cm³/mol. The summed E-state index contributed by atoms with van der Waals surface area (Å²) in [5.74, 6) is 2.44. The van der Waals surface area contributed by atoms with E-state index in [1.807, 2.05) is 0 Å². The highest BCUT2D eigenvalue weighted by Gasteiger charge is 2.53. The second-order valence-electron chi connectivity index (χ2n) is 7.22. The number of rotatable bonds is 2. The molecule has 4 fully saturated rings. The standard InChI is InChI=1S/C15H19N3O3S/c1-9-16-8-13(18(20)21)17(9)14(19)22-15-5-10-2-11(6-15)4-12(3-10)7-15/h8,10-12H,2-7H2,1H3. The largest absolute Gasteiger partial charge is 0.376 e. The van der Waals surface area contributed by atoms with Crippen molar-refractivity contribution in [3.8, 4) is 0 Å². The second-order valence-corrected chi connectivity index (χ2v) is 8.64. The van der Waals surface area contributed by atoms with Crippen LogP contribution < -0.4 is 0 Å². The van der Waals surface area contributed by atoms with Crippen LogP contribution in [0.4, 0.5) is 10.6 Å². The van der Waals surface area contributed by atoms with E-state index >= 15 is 0 Å². The molecule has 0 aliphatic heterocycles. The molecular formula is C15H19N3O3S. The van der Waals surface area contributed by atoms with Gasteiger partial charge < -0.3 is 10.1 Å². The minimum Gasteiger partial charge on any atom is -0.358 e. The minimum atomic E-state index is -0.530. The van der Waals surface area contributed by atoms with Gasteiger partial charge in [0.2, 0.25) is 5.82 Å². The molecule has 4 saturated carbocycles. The fourth-order valence-corrected chi connectivity index (χ4v) is 6.82. The zero-order valence-electron chi connectivity index (χ0n) is 12.5. The monoisotopic (exact) mass is 321 g/mol. The van der Waals surface area contributed by atoms with Gasteiger partial charge in [0.15, 0.2) is 0 Å². The molecule has 1 aromatic rings. The molecule has 0 unspecified atom stereocenters. The van der Waals surface area contributed by atoms with Crippen molar-refractivity contribution in [1.29, 1.82) is 0 Å². The highest BCUT2D eigenvalue weighted by molar-refractivity contribution is 8.14. The summed E-state index contributed by atoms with van der Waals surface area (Å²) in [4.78, 5) is 27.2. The van der Waals surface area contributed by atoms with Gasteiger partial charge in [-0.05, 0) is 73.0 Å². The molecule has 1 aromatic heterocycles. The van der Waals surface area contributed by atoms with Crippen molar-refractivity contribution in [2.75, 3.05) is 0 Å². The molecule has 4 aliphatic rings. The maximum Gasteiger partial charge on any atom is 0.376 e. The smallest absolute Gasteiger partial charge is 0.358 e. The number of aromatic nitrogens is 2. The molecule has 0 atom stereocenters. The summed E-state index contributed by atoms with van der Waals surface area (Å²) in [6.07, 6.45) is 8.41. The van der Waals surface area contributed by atoms with Gasteiger partial charge in [-0.1, -0.05) is 0 Å². The zero-order chi connectivity index (χ0) is 15.5. The number of nitro groups is 1. The lowest BCUT2D eigenvalue weighted by atomic mass is 9.56. The van der Waals surface area contributed by atoms with Crippen molar-refractivity contribution in [2.45, 2.75) is 50.2 Å². The molecule has 0 radical (unpaired) electrons. The van der Waals surface area contributed by atoms with E-state index in [1.165, 1.54) is 41.8 Å². The van der Waals surface area contributed by atoms with E-state index in [0.717, 1.165) is 37.0 Å². The maximum absolute atomic E-state index is 12.7. The van der Waals surface area contributed by atoms with Gasteiger partial charge in [-0.25, -0.2) is 9.78 Å². The van der Waals surface area contributed by atoms with Crippen LogP contribution in [0.2, 0.25) is 0 Å². The van der Waals surface area contributed by atoms with Gasteiger partial charge in [-0.15, -0.1) is 4.57 Å². The van der Waals surface area contributed by atoms with Gasteiger partial charge >= 0.3 is 11.1 Å². The fraction of sp³-hybridized carbons (Fsp3) is 0.733. The molecule has 0 spiro atoms. The van der Waals surface area contributed by atoms with E-state index in [9.17, 15) is 14.9 Å². The molecular weight excluding hydrogens is 302 g/mol. The molecule has 6 nitrogen and oxygen atoms in total. The molecule has 4 bridgehead atoms. The van der Waals surface area contributed by atoms with Crippen molar-refractivity contribution < 1.29 is 9.72 Å². The second kappa shape index (κ2) is 4.81. The van der Waals surface area contributed by atoms with E-state index in [-0.39, 0.29) is 15.8 Å². The SMILES string of the molecule is Cc1ncc([N+](=O)[O-])n1C(=O)SC12CC3CC(CC(C3)C1)C2. The van der Waals surface area contributed by atoms with Gasteiger partial charge in [-0.2, -0.15) is 0 Å². The van der Waals surface area contributed by atoms with E-state index in [0.29, 0.717) is 5.82 Å². The fourth-order valence-electron chi connectivity index (χ4n) is 5.17. The van der Waals surface area contributed by atoms with Crippen LogP contribution >= 0.6 is 11.8 Å². The van der Waals surface area contributed by atoms with Gasteiger partial charge in [-0.3, -0.25) is 0 Å². The van der Waals surface area contributed by atoms with Crippen molar-refractivity contribution in [3.05, 3.63) is 22.1 Å². The number of thioether (sulfide) groups is 1. The number of nitrogens with zero attached hydrogens (tertiary/aromatic N) is 3. The lowest BCUT2D eigenvalue weighted by Gasteiger charge is -2.55. The summed E-state index contributed by atoms with van der Waals surface area (Å²) in [5.41, 5.74) is 0. The highest BCUT2D eigenvalue weighted by atomic mass is 32.2.